The second-order valence-corrected chi connectivity index (χ2v) is 7.63. The van der Waals surface area contributed by atoms with Gasteiger partial charge in [0.2, 0.25) is 0 Å². The third kappa shape index (κ3) is 4.20. The molecule has 4 rings (SSSR count). The molecule has 1 saturated heterocycles. The molecule has 31 heavy (non-hydrogen) atoms. The second kappa shape index (κ2) is 9.58. The van der Waals surface area contributed by atoms with E-state index in [0.717, 1.165) is 44.8 Å². The molecule has 2 aromatic carbocycles. The number of benzene rings is 2. The van der Waals surface area contributed by atoms with Crippen LogP contribution in [-0.4, -0.2) is 63.4 Å². The number of ether oxygens (including phenoxy) is 4. The van der Waals surface area contributed by atoms with E-state index in [4.69, 9.17) is 24.7 Å². The van der Waals surface area contributed by atoms with Crippen LogP contribution in [0.15, 0.2) is 24.3 Å². The number of ketones is 1. The van der Waals surface area contributed by atoms with Crippen molar-refractivity contribution in [1.82, 2.24) is 4.90 Å². The summed E-state index contributed by atoms with van der Waals surface area (Å²) in [5.74, 6) is 1.63. The van der Waals surface area contributed by atoms with E-state index in [1.807, 2.05) is 32.0 Å². The number of nitrogens with zero attached hydrogens (tertiary/aromatic N) is 1. The highest BCUT2D eigenvalue weighted by atomic mass is 16.5. The number of nitrogens with two attached hydrogens (primary N) is 1. The first-order chi connectivity index (χ1) is 15.2. The first-order valence-electron chi connectivity index (χ1n) is 11.0. The Labute approximate surface area is 183 Å². The minimum atomic E-state index is -0.121. The highest BCUT2D eigenvalue weighted by molar-refractivity contribution is 6.26. The Hall–Kier alpha value is -2.77. The molecule has 2 N–H and O–H groups in total. The number of rotatable bonds is 9. The molecule has 0 spiro atoms. The van der Waals surface area contributed by atoms with Crippen LogP contribution in [0.4, 0.5) is 5.69 Å². The van der Waals surface area contributed by atoms with Gasteiger partial charge in [0.25, 0.3) is 0 Å². The smallest absolute Gasteiger partial charge is 0.196 e. The molecule has 1 fully saturated rings. The van der Waals surface area contributed by atoms with Crippen molar-refractivity contribution in [2.75, 3.05) is 58.4 Å². The Bertz CT molecular complexity index is 953. The van der Waals surface area contributed by atoms with Crippen molar-refractivity contribution >= 4 is 11.5 Å². The summed E-state index contributed by atoms with van der Waals surface area (Å²) in [6.07, 6.45) is 0.849. The van der Waals surface area contributed by atoms with Gasteiger partial charge in [0.1, 0.15) is 23.9 Å². The van der Waals surface area contributed by atoms with Gasteiger partial charge in [-0.2, -0.15) is 0 Å². The maximum Gasteiger partial charge on any atom is 0.196 e. The second-order valence-electron chi connectivity index (χ2n) is 7.63. The van der Waals surface area contributed by atoms with Gasteiger partial charge in [-0.05, 0) is 19.4 Å². The van der Waals surface area contributed by atoms with E-state index in [9.17, 15) is 4.79 Å². The summed E-state index contributed by atoms with van der Waals surface area (Å²) in [6.45, 7) is 9.56. The minimum Gasteiger partial charge on any atom is -0.493 e. The average Bonchev–Trinajstić information content (AvgIpc) is 3.10. The van der Waals surface area contributed by atoms with Crippen molar-refractivity contribution in [3.05, 3.63) is 35.4 Å². The van der Waals surface area contributed by atoms with Crippen LogP contribution in [0.5, 0.6) is 17.2 Å². The molecule has 7 heteroatoms. The van der Waals surface area contributed by atoms with E-state index >= 15 is 0 Å². The number of morpholine rings is 1. The molecule has 1 aliphatic carbocycles. The maximum absolute atomic E-state index is 13.3. The third-order valence-corrected chi connectivity index (χ3v) is 5.57. The molecule has 166 valence electrons. The molecular formula is C24H30N2O5. The summed E-state index contributed by atoms with van der Waals surface area (Å²) in [5.41, 5.74) is 9.21. The number of hydrogen-bond donors (Lipinski definition) is 1. The molecule has 2 aromatic rings. The van der Waals surface area contributed by atoms with E-state index in [0.29, 0.717) is 59.4 Å². The van der Waals surface area contributed by atoms with Gasteiger partial charge in [0.05, 0.1) is 37.7 Å². The van der Waals surface area contributed by atoms with Crippen LogP contribution in [0.2, 0.25) is 0 Å². The molecule has 0 unspecified atom stereocenters. The predicted octanol–water partition coefficient (Wildman–Crippen LogP) is 3.38. The lowest BCUT2D eigenvalue weighted by atomic mass is 10.0. The van der Waals surface area contributed by atoms with Crippen molar-refractivity contribution in [3.63, 3.8) is 0 Å². The van der Waals surface area contributed by atoms with Crippen LogP contribution in [-0.2, 0) is 4.74 Å². The largest absolute Gasteiger partial charge is 0.493 e. The van der Waals surface area contributed by atoms with E-state index < -0.39 is 0 Å². The molecule has 0 saturated carbocycles. The van der Waals surface area contributed by atoms with Crippen LogP contribution < -0.4 is 19.9 Å². The van der Waals surface area contributed by atoms with E-state index in [-0.39, 0.29) is 5.78 Å². The summed E-state index contributed by atoms with van der Waals surface area (Å²) in [5, 5.41) is 0. The van der Waals surface area contributed by atoms with Gasteiger partial charge in [-0.1, -0.05) is 19.1 Å². The molecule has 0 radical (unpaired) electrons. The zero-order chi connectivity index (χ0) is 21.8. The van der Waals surface area contributed by atoms with Crippen LogP contribution in [0.25, 0.3) is 11.1 Å². The molecule has 0 amide bonds. The topological polar surface area (TPSA) is 83.2 Å². The van der Waals surface area contributed by atoms with Gasteiger partial charge in [-0.15, -0.1) is 0 Å². The molecular weight excluding hydrogens is 396 g/mol. The zero-order valence-corrected chi connectivity index (χ0v) is 18.2. The van der Waals surface area contributed by atoms with Crippen LogP contribution in [0, 0.1) is 0 Å². The maximum atomic E-state index is 13.3. The van der Waals surface area contributed by atoms with E-state index in [1.165, 1.54) is 0 Å². The van der Waals surface area contributed by atoms with Crippen LogP contribution >= 0.6 is 0 Å². The number of fused-ring (bicyclic) bond motifs is 3. The minimum absolute atomic E-state index is 0.121. The Balaban J connectivity index is 1.69. The van der Waals surface area contributed by atoms with Gasteiger partial charge >= 0.3 is 0 Å². The van der Waals surface area contributed by atoms with Crippen molar-refractivity contribution in [2.24, 2.45) is 0 Å². The third-order valence-electron chi connectivity index (χ3n) is 5.57. The number of carbonyl (C=O) groups excluding carboxylic acids is 1. The van der Waals surface area contributed by atoms with Gasteiger partial charge < -0.3 is 24.7 Å². The zero-order valence-electron chi connectivity index (χ0n) is 18.2. The summed E-state index contributed by atoms with van der Waals surface area (Å²) in [6, 6.07) is 7.35. The van der Waals surface area contributed by atoms with Gasteiger partial charge in [0.15, 0.2) is 5.78 Å². The molecule has 1 aliphatic heterocycles. The molecule has 1 heterocycles. The molecule has 2 aliphatic rings. The monoisotopic (exact) mass is 426 g/mol. The van der Waals surface area contributed by atoms with Gasteiger partial charge in [0, 0.05) is 42.4 Å². The Morgan fingerprint density at radius 1 is 0.968 bits per heavy atom. The summed E-state index contributed by atoms with van der Waals surface area (Å²) in [7, 11) is 0. The van der Waals surface area contributed by atoms with Crippen LogP contribution in [0.1, 0.15) is 36.2 Å². The fourth-order valence-electron chi connectivity index (χ4n) is 4.08. The van der Waals surface area contributed by atoms with Crippen LogP contribution in [0.3, 0.4) is 0 Å². The fourth-order valence-corrected chi connectivity index (χ4v) is 4.08. The Morgan fingerprint density at radius 2 is 1.74 bits per heavy atom. The molecule has 0 bridgehead atoms. The lowest BCUT2D eigenvalue weighted by Gasteiger charge is -2.26. The predicted molar refractivity (Wildman–Crippen MR) is 119 cm³/mol. The molecule has 0 atom stereocenters. The summed E-state index contributed by atoms with van der Waals surface area (Å²) >= 11 is 0. The van der Waals surface area contributed by atoms with E-state index in [1.54, 1.807) is 6.07 Å². The first-order valence-corrected chi connectivity index (χ1v) is 11.0. The molecule has 0 aromatic heterocycles. The van der Waals surface area contributed by atoms with E-state index in [2.05, 4.69) is 4.90 Å². The lowest BCUT2D eigenvalue weighted by Crippen LogP contribution is -2.38. The number of nitrogen functional groups attached to an aromatic ring is 1. The Kier molecular flexibility index (Phi) is 6.63. The van der Waals surface area contributed by atoms with Crippen molar-refractivity contribution < 1.29 is 23.7 Å². The van der Waals surface area contributed by atoms with Crippen molar-refractivity contribution in [2.45, 2.75) is 20.3 Å². The summed E-state index contributed by atoms with van der Waals surface area (Å²) < 4.78 is 23.3. The normalized spacial score (nSPS) is 15.5. The average molecular weight is 427 g/mol. The lowest BCUT2D eigenvalue weighted by molar-refractivity contribution is 0.0323. The number of hydrogen-bond acceptors (Lipinski definition) is 7. The number of anilines is 1. The first kappa shape index (κ1) is 21.5. The Morgan fingerprint density at radius 3 is 2.48 bits per heavy atom. The number of carbonyl (C=O) groups is 1. The highest BCUT2D eigenvalue weighted by Gasteiger charge is 2.36. The standard InChI is InChI=1S/C24H30N2O5/c1-3-11-30-18-15-19(29-4-2)23(25)22-21(18)20-16(24(22)27)6-5-7-17(20)31-14-10-26-8-12-28-13-9-26/h5-7,15H,3-4,8-14,25H2,1-2H3. The fraction of sp³-hybridized carbons (Fsp3) is 0.458. The van der Waals surface area contributed by atoms with Gasteiger partial charge in [-0.25, -0.2) is 0 Å². The van der Waals surface area contributed by atoms with Gasteiger partial charge in [-0.3, -0.25) is 9.69 Å². The quantitative estimate of drug-likeness (QED) is 0.525. The SMILES string of the molecule is CCCOc1cc(OCC)c(N)c2c1-c1c(OCCN3CCOCC3)cccc1C2=O. The molecule has 7 nitrogen and oxygen atoms in total. The summed E-state index contributed by atoms with van der Waals surface area (Å²) in [4.78, 5) is 15.6. The van der Waals surface area contributed by atoms with Crippen molar-refractivity contribution in [3.8, 4) is 28.4 Å². The highest BCUT2D eigenvalue weighted by Crippen LogP contribution is 2.52. The van der Waals surface area contributed by atoms with Crippen molar-refractivity contribution in [1.29, 1.82) is 0 Å².